The molecule has 1 aromatic heterocycles. The molecule has 2 N–H and O–H groups in total. The smallest absolute Gasteiger partial charge is 0.115 e. The lowest BCUT2D eigenvalue weighted by Gasteiger charge is -2.48. The second-order valence-corrected chi connectivity index (χ2v) is 11.7. The number of hydrogen-bond donors (Lipinski definition) is 2. The molecule has 5 rings (SSSR count). The van der Waals surface area contributed by atoms with E-state index in [0.29, 0.717) is 17.6 Å². The molecule has 0 saturated heterocycles. The number of pyridine rings is 1. The first-order valence-electron chi connectivity index (χ1n) is 13.0. The van der Waals surface area contributed by atoms with Crippen molar-refractivity contribution in [1.29, 1.82) is 0 Å². The van der Waals surface area contributed by atoms with Gasteiger partial charge in [-0.3, -0.25) is 4.98 Å². The number of fused-ring (bicyclic) bond motifs is 2. The first-order valence-corrected chi connectivity index (χ1v) is 13.0. The van der Waals surface area contributed by atoms with E-state index >= 15 is 0 Å². The molecule has 3 aliphatic rings. The maximum atomic E-state index is 10.5. The molecule has 0 radical (unpaired) electrons. The van der Waals surface area contributed by atoms with Gasteiger partial charge in [0, 0.05) is 43.1 Å². The van der Waals surface area contributed by atoms with Gasteiger partial charge in [-0.05, 0) is 111 Å². The summed E-state index contributed by atoms with van der Waals surface area (Å²) in [6, 6.07) is 10.3. The Bertz CT molecular complexity index is 959. The van der Waals surface area contributed by atoms with E-state index in [1.807, 2.05) is 30.6 Å². The number of anilines is 1. The van der Waals surface area contributed by atoms with Crippen LogP contribution in [-0.2, 0) is 11.8 Å². The zero-order valence-corrected chi connectivity index (χ0v) is 20.7. The fourth-order valence-corrected chi connectivity index (χ4v) is 7.65. The van der Waals surface area contributed by atoms with Gasteiger partial charge in [0.15, 0.2) is 0 Å². The highest BCUT2D eigenvalue weighted by Gasteiger charge is 2.61. The lowest BCUT2D eigenvalue weighted by atomic mass is 9.57. The van der Waals surface area contributed by atoms with Crippen LogP contribution in [-0.4, -0.2) is 41.7 Å². The lowest BCUT2D eigenvalue weighted by molar-refractivity contribution is 0.0834. The number of phenolic OH excluding ortho intramolecular Hbond substituents is 1. The van der Waals surface area contributed by atoms with Gasteiger partial charge in [-0.25, -0.2) is 0 Å². The summed E-state index contributed by atoms with van der Waals surface area (Å²) in [7, 11) is 2.33. The summed E-state index contributed by atoms with van der Waals surface area (Å²) in [5, 5.41) is 14.1. The van der Waals surface area contributed by atoms with E-state index in [1.165, 1.54) is 56.3 Å². The Morgan fingerprint density at radius 1 is 1.12 bits per heavy atom. The van der Waals surface area contributed by atoms with Crippen LogP contribution >= 0.6 is 0 Å². The zero-order valence-electron chi connectivity index (χ0n) is 20.7. The van der Waals surface area contributed by atoms with Crippen LogP contribution in [0.25, 0.3) is 0 Å². The Labute approximate surface area is 199 Å². The summed E-state index contributed by atoms with van der Waals surface area (Å²) >= 11 is 0. The van der Waals surface area contributed by atoms with Crippen LogP contribution in [0, 0.1) is 23.2 Å². The van der Waals surface area contributed by atoms with Crippen LogP contribution in [0.5, 0.6) is 5.75 Å². The van der Waals surface area contributed by atoms with Gasteiger partial charge in [0.05, 0.1) is 0 Å². The lowest BCUT2D eigenvalue weighted by Crippen LogP contribution is -2.47. The molecule has 2 saturated carbocycles. The topological polar surface area (TPSA) is 48.4 Å². The van der Waals surface area contributed by atoms with Crippen LogP contribution < -0.4 is 5.32 Å². The van der Waals surface area contributed by atoms with Crippen molar-refractivity contribution in [2.24, 2.45) is 23.2 Å². The second kappa shape index (κ2) is 8.94. The maximum absolute atomic E-state index is 10.5. The Hall–Kier alpha value is -2.07. The highest BCUT2D eigenvalue weighted by atomic mass is 16.3. The van der Waals surface area contributed by atoms with Crippen molar-refractivity contribution in [1.82, 2.24) is 9.88 Å². The highest BCUT2D eigenvalue weighted by Crippen LogP contribution is 2.66. The quantitative estimate of drug-likeness (QED) is 0.472. The maximum Gasteiger partial charge on any atom is 0.115 e. The molecule has 1 aromatic carbocycles. The van der Waals surface area contributed by atoms with Gasteiger partial charge in [-0.2, -0.15) is 0 Å². The fraction of sp³-hybridized carbons (Fsp3) is 0.621. The van der Waals surface area contributed by atoms with Crippen LogP contribution in [0.1, 0.15) is 63.5 Å². The first kappa shape index (κ1) is 22.7. The van der Waals surface area contributed by atoms with Crippen molar-refractivity contribution < 1.29 is 5.11 Å². The molecule has 33 heavy (non-hydrogen) atoms. The number of benzene rings is 1. The number of rotatable bonds is 9. The van der Waals surface area contributed by atoms with E-state index in [-0.39, 0.29) is 10.8 Å². The van der Waals surface area contributed by atoms with E-state index < -0.39 is 0 Å². The van der Waals surface area contributed by atoms with Gasteiger partial charge >= 0.3 is 0 Å². The molecule has 2 fully saturated rings. The van der Waals surface area contributed by atoms with Crippen LogP contribution in [0.4, 0.5) is 5.69 Å². The number of hydrogen-bond acceptors (Lipinski definition) is 4. The average molecular weight is 448 g/mol. The Morgan fingerprint density at radius 2 is 1.91 bits per heavy atom. The van der Waals surface area contributed by atoms with E-state index in [4.69, 9.17) is 0 Å². The predicted molar refractivity (Wildman–Crippen MR) is 136 cm³/mol. The molecule has 0 amide bonds. The number of aromatic hydroxyl groups is 1. The summed E-state index contributed by atoms with van der Waals surface area (Å²) in [6.07, 6.45) is 12.6. The van der Waals surface area contributed by atoms with E-state index in [0.717, 1.165) is 31.0 Å². The Morgan fingerprint density at radius 3 is 2.67 bits per heavy atom. The minimum atomic E-state index is 0.162. The van der Waals surface area contributed by atoms with Gasteiger partial charge in [0.25, 0.3) is 0 Å². The summed E-state index contributed by atoms with van der Waals surface area (Å²) < 4.78 is 0. The molecule has 3 unspecified atom stereocenters. The van der Waals surface area contributed by atoms with Gasteiger partial charge in [0.1, 0.15) is 5.75 Å². The molecule has 2 aromatic rings. The third-order valence-electron chi connectivity index (χ3n) is 9.00. The second-order valence-electron chi connectivity index (χ2n) is 11.7. The highest BCUT2D eigenvalue weighted by molar-refractivity contribution is 5.48. The van der Waals surface area contributed by atoms with E-state index in [1.54, 1.807) is 0 Å². The molecule has 4 nitrogen and oxygen atoms in total. The van der Waals surface area contributed by atoms with Crippen LogP contribution in [0.15, 0.2) is 42.7 Å². The zero-order chi connectivity index (χ0) is 23.1. The summed E-state index contributed by atoms with van der Waals surface area (Å²) in [5.74, 6) is 2.70. The largest absolute Gasteiger partial charge is 0.508 e. The van der Waals surface area contributed by atoms with Crippen molar-refractivity contribution in [2.45, 2.75) is 64.2 Å². The molecule has 3 aliphatic carbocycles. The van der Waals surface area contributed by atoms with E-state index in [9.17, 15) is 5.11 Å². The summed E-state index contributed by atoms with van der Waals surface area (Å²) in [5.41, 5.74) is 4.50. The minimum Gasteiger partial charge on any atom is -0.508 e. The van der Waals surface area contributed by atoms with Gasteiger partial charge in [-0.1, -0.05) is 19.9 Å². The molecule has 0 bridgehead atoms. The number of aromatic nitrogens is 1. The molecule has 0 aliphatic heterocycles. The molecular formula is C29H41N3O. The van der Waals surface area contributed by atoms with Crippen molar-refractivity contribution in [3.63, 3.8) is 0 Å². The van der Waals surface area contributed by atoms with Gasteiger partial charge in [0.2, 0.25) is 0 Å². The fourth-order valence-electron chi connectivity index (χ4n) is 7.65. The SMILES string of the molecule is C[C@H]1CC(C)(CCCNc2ccncc2)C2(C1)c1cc(O)ccc1CC2CN(C)CC1CC1. The predicted octanol–water partition coefficient (Wildman–Crippen LogP) is 5.87. The third kappa shape index (κ3) is 4.39. The molecule has 4 heteroatoms. The van der Waals surface area contributed by atoms with Crippen molar-refractivity contribution >= 4 is 5.69 Å². The number of nitrogens with zero attached hydrogens (tertiary/aromatic N) is 2. The normalized spacial score (nSPS) is 30.8. The standard InChI is InChI=1S/C29H41N3O/c1-21-17-28(2,11-4-12-31-25-9-13-30-14-10-25)29(18-21)24(20-32(3)19-22-5-6-22)15-23-7-8-26(33)16-27(23)29/h7-10,13-14,16,21-22,24,33H,4-6,11-12,15,17-20H2,1-3H3,(H,30,31)/t21-,24?,28?,29?/m0/s1. The molecule has 1 spiro atoms. The average Bonchev–Trinajstić information content (AvgIpc) is 3.49. The number of nitrogens with one attached hydrogen (secondary N) is 1. The molecular weight excluding hydrogens is 406 g/mol. The van der Waals surface area contributed by atoms with Crippen molar-refractivity contribution in [2.75, 3.05) is 32.0 Å². The molecule has 1 heterocycles. The van der Waals surface area contributed by atoms with Gasteiger partial charge in [-0.15, -0.1) is 0 Å². The summed E-state index contributed by atoms with van der Waals surface area (Å²) in [4.78, 5) is 6.74. The monoisotopic (exact) mass is 447 g/mol. The molecule has 4 atom stereocenters. The van der Waals surface area contributed by atoms with Crippen LogP contribution in [0.3, 0.4) is 0 Å². The van der Waals surface area contributed by atoms with Gasteiger partial charge < -0.3 is 15.3 Å². The van der Waals surface area contributed by atoms with Crippen LogP contribution in [0.2, 0.25) is 0 Å². The molecule has 178 valence electrons. The third-order valence-corrected chi connectivity index (χ3v) is 9.00. The van der Waals surface area contributed by atoms with E-state index in [2.05, 4.69) is 48.2 Å². The summed E-state index contributed by atoms with van der Waals surface area (Å²) in [6.45, 7) is 8.42. The Balaban J connectivity index is 1.39. The number of phenols is 1. The van der Waals surface area contributed by atoms with Crippen molar-refractivity contribution in [3.05, 3.63) is 53.9 Å². The minimum absolute atomic E-state index is 0.162. The Kier molecular flexibility index (Phi) is 6.15. The van der Waals surface area contributed by atoms with Crippen molar-refractivity contribution in [3.8, 4) is 5.75 Å². The first-order chi connectivity index (χ1) is 15.9.